The van der Waals surface area contributed by atoms with Crippen LogP contribution in [0.2, 0.25) is 0 Å². The molecule has 0 fully saturated rings. The summed E-state index contributed by atoms with van der Waals surface area (Å²) in [7, 11) is 0. The van der Waals surface area contributed by atoms with Crippen molar-refractivity contribution in [3.8, 4) is 22.8 Å². The Hall–Kier alpha value is -2.56. The van der Waals surface area contributed by atoms with Crippen LogP contribution >= 0.6 is 0 Å². The number of pyridine rings is 1. The minimum atomic E-state index is -0.577. The van der Waals surface area contributed by atoms with Crippen LogP contribution < -0.4 is 0 Å². The molecule has 0 bridgehead atoms. The maximum Gasteiger partial charge on any atom is 0.258 e. The molecule has 18 heavy (non-hydrogen) atoms. The van der Waals surface area contributed by atoms with Gasteiger partial charge in [-0.1, -0.05) is 35.5 Å². The quantitative estimate of drug-likeness (QED) is 0.647. The zero-order valence-electron chi connectivity index (χ0n) is 9.25. The molecule has 4 nitrogen and oxygen atoms in total. The van der Waals surface area contributed by atoms with Gasteiger partial charge in [-0.2, -0.15) is 9.37 Å². The van der Waals surface area contributed by atoms with Crippen molar-refractivity contribution in [3.05, 3.63) is 54.6 Å². The molecule has 2 heterocycles. The predicted molar refractivity (Wildman–Crippen MR) is 62.9 cm³/mol. The van der Waals surface area contributed by atoms with E-state index in [2.05, 4.69) is 15.1 Å². The number of hydrogen-bond acceptors (Lipinski definition) is 4. The summed E-state index contributed by atoms with van der Waals surface area (Å²) in [4.78, 5) is 7.69. The SMILES string of the molecule is Fc1cc(-c2nc(-c3ccccc3)no2)ccn1. The molecule has 0 unspecified atom stereocenters. The molecule has 5 heteroatoms. The summed E-state index contributed by atoms with van der Waals surface area (Å²) in [6.07, 6.45) is 1.36. The molecule has 3 rings (SSSR count). The van der Waals surface area contributed by atoms with Crippen molar-refractivity contribution in [1.82, 2.24) is 15.1 Å². The van der Waals surface area contributed by atoms with Crippen LogP contribution in [0.15, 0.2) is 53.2 Å². The molecule has 0 aliphatic heterocycles. The third kappa shape index (κ3) is 1.98. The highest BCUT2D eigenvalue weighted by molar-refractivity contribution is 5.59. The van der Waals surface area contributed by atoms with Crippen molar-refractivity contribution in [1.29, 1.82) is 0 Å². The van der Waals surface area contributed by atoms with Crippen molar-refractivity contribution in [2.75, 3.05) is 0 Å². The lowest BCUT2D eigenvalue weighted by Crippen LogP contribution is -1.84. The Labute approximate surface area is 102 Å². The maximum absolute atomic E-state index is 13.0. The Bertz CT molecular complexity index is 667. The molecule has 3 aromatic rings. The average Bonchev–Trinajstić information content (AvgIpc) is 2.89. The summed E-state index contributed by atoms with van der Waals surface area (Å²) in [6, 6.07) is 12.3. The van der Waals surface area contributed by atoms with Crippen molar-refractivity contribution in [2.45, 2.75) is 0 Å². The molecule has 0 N–H and O–H groups in total. The Morgan fingerprint density at radius 1 is 1.00 bits per heavy atom. The first-order valence-electron chi connectivity index (χ1n) is 5.34. The molecule has 0 spiro atoms. The lowest BCUT2D eigenvalue weighted by atomic mass is 10.2. The van der Waals surface area contributed by atoms with Gasteiger partial charge in [0.2, 0.25) is 11.8 Å². The number of halogens is 1. The topological polar surface area (TPSA) is 51.8 Å². The van der Waals surface area contributed by atoms with Crippen LogP contribution in [-0.2, 0) is 0 Å². The zero-order chi connectivity index (χ0) is 12.4. The van der Waals surface area contributed by atoms with E-state index in [1.54, 1.807) is 6.07 Å². The smallest absolute Gasteiger partial charge is 0.258 e. The highest BCUT2D eigenvalue weighted by atomic mass is 19.1. The minimum Gasteiger partial charge on any atom is -0.334 e. The molecule has 0 aliphatic rings. The van der Waals surface area contributed by atoms with Gasteiger partial charge in [0.25, 0.3) is 5.89 Å². The van der Waals surface area contributed by atoms with E-state index in [9.17, 15) is 4.39 Å². The number of nitrogens with zero attached hydrogens (tertiary/aromatic N) is 3. The van der Waals surface area contributed by atoms with Crippen LogP contribution in [0.1, 0.15) is 0 Å². The van der Waals surface area contributed by atoms with Gasteiger partial charge in [-0.15, -0.1) is 0 Å². The summed E-state index contributed by atoms with van der Waals surface area (Å²) in [5.41, 5.74) is 1.36. The van der Waals surface area contributed by atoms with Gasteiger partial charge < -0.3 is 4.52 Å². The Kier molecular flexibility index (Phi) is 2.57. The van der Waals surface area contributed by atoms with Gasteiger partial charge in [0.15, 0.2) is 0 Å². The van der Waals surface area contributed by atoms with Gasteiger partial charge in [-0.25, -0.2) is 4.98 Å². The van der Waals surface area contributed by atoms with E-state index in [1.807, 2.05) is 30.3 Å². The average molecular weight is 241 g/mol. The Morgan fingerprint density at radius 2 is 1.83 bits per heavy atom. The Morgan fingerprint density at radius 3 is 2.61 bits per heavy atom. The highest BCUT2D eigenvalue weighted by Gasteiger charge is 2.10. The van der Waals surface area contributed by atoms with Crippen molar-refractivity contribution < 1.29 is 8.91 Å². The van der Waals surface area contributed by atoms with E-state index in [4.69, 9.17) is 4.52 Å². The monoisotopic (exact) mass is 241 g/mol. The van der Waals surface area contributed by atoms with Gasteiger partial charge in [-0.3, -0.25) is 0 Å². The van der Waals surface area contributed by atoms with Crippen molar-refractivity contribution >= 4 is 0 Å². The Balaban J connectivity index is 2.00. The molecule has 88 valence electrons. The summed E-state index contributed by atoms with van der Waals surface area (Å²) in [5.74, 6) is 0.171. The molecule has 0 saturated heterocycles. The first kappa shape index (κ1) is 10.6. The summed E-state index contributed by atoms with van der Waals surface area (Å²) < 4.78 is 18.1. The molecular weight excluding hydrogens is 233 g/mol. The van der Waals surface area contributed by atoms with Gasteiger partial charge in [-0.05, 0) is 6.07 Å². The normalized spacial score (nSPS) is 10.5. The van der Waals surface area contributed by atoms with E-state index in [-0.39, 0.29) is 5.89 Å². The fourth-order valence-corrected chi connectivity index (χ4v) is 1.58. The maximum atomic E-state index is 13.0. The first-order valence-corrected chi connectivity index (χ1v) is 5.34. The van der Waals surface area contributed by atoms with Crippen LogP contribution in [0, 0.1) is 5.95 Å². The van der Waals surface area contributed by atoms with Crippen LogP contribution in [0.5, 0.6) is 0 Å². The second kappa shape index (κ2) is 4.37. The molecular formula is C13H8FN3O. The summed E-state index contributed by atoms with van der Waals surface area (Å²) in [6.45, 7) is 0. The lowest BCUT2D eigenvalue weighted by molar-refractivity contribution is 0.432. The molecule has 0 amide bonds. The fourth-order valence-electron chi connectivity index (χ4n) is 1.58. The minimum absolute atomic E-state index is 0.273. The molecule has 0 aliphatic carbocycles. The predicted octanol–water partition coefficient (Wildman–Crippen LogP) is 2.94. The lowest BCUT2D eigenvalue weighted by Gasteiger charge is -1.92. The van der Waals surface area contributed by atoms with Crippen LogP contribution in [0.4, 0.5) is 4.39 Å². The van der Waals surface area contributed by atoms with Gasteiger partial charge in [0, 0.05) is 23.4 Å². The number of hydrogen-bond donors (Lipinski definition) is 0. The second-order valence-corrected chi connectivity index (χ2v) is 3.66. The standard InChI is InChI=1S/C13H8FN3O/c14-11-8-10(6-7-15-11)13-16-12(17-18-13)9-4-2-1-3-5-9/h1-8H. The third-order valence-corrected chi connectivity index (χ3v) is 2.43. The first-order chi connectivity index (χ1) is 8.83. The molecule has 0 atom stereocenters. The number of benzene rings is 1. The van der Waals surface area contributed by atoms with Crippen molar-refractivity contribution in [2.24, 2.45) is 0 Å². The van der Waals surface area contributed by atoms with Gasteiger partial charge >= 0.3 is 0 Å². The van der Waals surface area contributed by atoms with E-state index in [0.717, 1.165) is 5.56 Å². The fraction of sp³-hybridized carbons (Fsp3) is 0. The van der Waals surface area contributed by atoms with E-state index in [0.29, 0.717) is 11.4 Å². The van der Waals surface area contributed by atoms with E-state index >= 15 is 0 Å². The van der Waals surface area contributed by atoms with Gasteiger partial charge in [0.1, 0.15) is 0 Å². The second-order valence-electron chi connectivity index (χ2n) is 3.66. The summed E-state index contributed by atoms with van der Waals surface area (Å²) in [5, 5.41) is 3.86. The molecule has 0 saturated carbocycles. The highest BCUT2D eigenvalue weighted by Crippen LogP contribution is 2.21. The van der Waals surface area contributed by atoms with Crippen molar-refractivity contribution in [3.63, 3.8) is 0 Å². The van der Waals surface area contributed by atoms with Crippen LogP contribution in [-0.4, -0.2) is 15.1 Å². The summed E-state index contributed by atoms with van der Waals surface area (Å²) >= 11 is 0. The number of rotatable bonds is 2. The molecule has 1 aromatic carbocycles. The third-order valence-electron chi connectivity index (χ3n) is 2.43. The number of aromatic nitrogens is 3. The van der Waals surface area contributed by atoms with Crippen LogP contribution in [0.25, 0.3) is 22.8 Å². The zero-order valence-corrected chi connectivity index (χ0v) is 9.25. The largest absolute Gasteiger partial charge is 0.334 e. The van der Waals surface area contributed by atoms with Crippen LogP contribution in [0.3, 0.4) is 0 Å². The van der Waals surface area contributed by atoms with E-state index in [1.165, 1.54) is 12.3 Å². The molecule has 0 radical (unpaired) electrons. The van der Waals surface area contributed by atoms with Gasteiger partial charge in [0.05, 0.1) is 0 Å². The van der Waals surface area contributed by atoms with E-state index < -0.39 is 5.95 Å². The molecule has 2 aromatic heterocycles.